The fraction of sp³-hybridized carbons (Fsp3) is 0.694. The van der Waals surface area contributed by atoms with Crippen molar-refractivity contribution in [3.63, 3.8) is 0 Å². The van der Waals surface area contributed by atoms with Crippen LogP contribution in [0.5, 0.6) is 0 Å². The van der Waals surface area contributed by atoms with Gasteiger partial charge in [0.1, 0.15) is 6.29 Å². The average Bonchev–Trinajstić information content (AvgIpc) is 3.54. The minimum Gasteiger partial charge on any atom is -0.722 e. The summed E-state index contributed by atoms with van der Waals surface area (Å²) < 4.78 is 0. The summed E-state index contributed by atoms with van der Waals surface area (Å²) in [6.45, 7) is 8.13. The first-order valence-electron chi connectivity index (χ1n) is 15.9. The molecule has 0 amide bonds. The van der Waals surface area contributed by atoms with Crippen LogP contribution in [0.15, 0.2) is 53.6 Å². The maximum absolute atomic E-state index is 11.9. The molecule has 8 atom stereocenters. The first-order chi connectivity index (χ1) is 19.6. The van der Waals surface area contributed by atoms with Crippen molar-refractivity contribution in [3.8, 4) is 0 Å². The zero-order valence-electron chi connectivity index (χ0n) is 26.6. The van der Waals surface area contributed by atoms with Crippen molar-refractivity contribution in [2.24, 2.45) is 35.0 Å². The number of fused-ring (bicyclic) bond motifs is 3. The third-order valence-electron chi connectivity index (χ3n) is 10.5. The van der Waals surface area contributed by atoms with Gasteiger partial charge in [0.2, 0.25) is 0 Å². The number of unbranched alkanes of at least 4 members (excludes halogenated alkanes) is 5. The molecule has 0 aromatic heterocycles. The molecule has 3 aliphatic carbocycles. The Labute approximate surface area is 303 Å². The van der Waals surface area contributed by atoms with Crippen molar-refractivity contribution in [1.82, 2.24) is 5.32 Å². The topological polar surface area (TPSA) is 102 Å². The molecule has 0 bridgehead atoms. The van der Waals surface area contributed by atoms with Crippen molar-refractivity contribution >= 4 is 6.29 Å². The van der Waals surface area contributed by atoms with Gasteiger partial charge in [-0.25, -0.2) is 0 Å². The molecule has 236 valence electrons. The molecule has 2 saturated carbocycles. The summed E-state index contributed by atoms with van der Waals surface area (Å²) in [6, 6.07) is 10.6. The number of aldehydes is 1. The van der Waals surface area contributed by atoms with Crippen LogP contribution in [-0.4, -0.2) is 41.0 Å². The maximum atomic E-state index is 11.9. The second-order valence-corrected chi connectivity index (χ2v) is 13.9. The van der Waals surface area contributed by atoms with Crippen LogP contribution in [0.25, 0.3) is 0 Å². The van der Waals surface area contributed by atoms with Crippen LogP contribution in [0.2, 0.25) is 0 Å². The van der Waals surface area contributed by atoms with E-state index in [9.17, 15) is 20.3 Å². The number of aliphatic hydroxyl groups is 2. The van der Waals surface area contributed by atoms with E-state index in [1.807, 2.05) is 13.0 Å². The molecule has 2 fully saturated rings. The fourth-order valence-corrected chi connectivity index (χ4v) is 8.28. The van der Waals surface area contributed by atoms with Crippen molar-refractivity contribution < 1.29 is 76.5 Å². The molecule has 3 N–H and O–H groups in total. The Hall–Kier alpha value is -0.194. The zero-order chi connectivity index (χ0) is 29.6. The van der Waals surface area contributed by atoms with Gasteiger partial charge in [-0.15, -0.1) is 0 Å². The van der Waals surface area contributed by atoms with Crippen LogP contribution in [-0.2, 0) is 16.1 Å². The summed E-state index contributed by atoms with van der Waals surface area (Å²) in [7, 11) is 0. The van der Waals surface area contributed by atoms with Gasteiger partial charge in [-0.1, -0.05) is 89.4 Å². The smallest absolute Gasteiger partial charge is 0.722 e. The van der Waals surface area contributed by atoms with Crippen molar-refractivity contribution in [3.05, 3.63) is 59.2 Å². The number of benzene rings is 1. The number of carbonyl (C=O) groups is 1. The largest absolute Gasteiger partial charge is 1.00 e. The summed E-state index contributed by atoms with van der Waals surface area (Å²) in [5.41, 5.74) is 1.87. The fourth-order valence-electron chi connectivity index (χ4n) is 8.28. The first kappa shape index (κ1) is 39.0. The Morgan fingerprint density at radius 3 is 2.40 bits per heavy atom. The molecule has 4 rings (SSSR count). The number of hydrogen-bond donors (Lipinski definition) is 3. The van der Waals surface area contributed by atoms with Gasteiger partial charge in [0.05, 0.1) is 18.4 Å². The van der Waals surface area contributed by atoms with Gasteiger partial charge in [-0.05, 0) is 98.2 Å². The Balaban J connectivity index is 0.00000323. The molecule has 1 aromatic carbocycles. The molecule has 0 heterocycles. The number of allylic oxidation sites excluding steroid dienone is 2. The third-order valence-corrected chi connectivity index (χ3v) is 10.5. The summed E-state index contributed by atoms with van der Waals surface area (Å²) in [6.07, 6.45) is 14.2. The summed E-state index contributed by atoms with van der Waals surface area (Å²) in [5, 5.41) is 37.4. The molecule has 0 radical (unpaired) electrons. The monoisotopic (exact) mass is 621 g/mol. The molecule has 0 aliphatic heterocycles. The van der Waals surface area contributed by atoms with Gasteiger partial charge in [-0.2, -0.15) is 0 Å². The zero-order valence-corrected chi connectivity index (χ0v) is 29.7. The molecule has 7 heteroatoms. The van der Waals surface area contributed by atoms with E-state index in [-0.39, 0.29) is 94.6 Å². The summed E-state index contributed by atoms with van der Waals surface area (Å²) >= 11 is 0. The van der Waals surface area contributed by atoms with Crippen LogP contribution >= 0.6 is 0 Å². The van der Waals surface area contributed by atoms with Crippen molar-refractivity contribution in [2.75, 3.05) is 6.61 Å². The molecule has 0 saturated heterocycles. The third kappa shape index (κ3) is 9.90. The van der Waals surface area contributed by atoms with E-state index in [2.05, 4.69) is 55.6 Å². The van der Waals surface area contributed by atoms with Crippen molar-refractivity contribution in [2.45, 2.75) is 117 Å². The number of carbonyl (C=O) groups excluding carboxylic acids is 1. The number of aliphatic hydroxyl groups excluding tert-OH is 1. The van der Waals surface area contributed by atoms with Crippen LogP contribution in [0, 0.1) is 35.0 Å². The Morgan fingerprint density at radius 2 is 1.77 bits per heavy atom. The Morgan fingerprint density at radius 1 is 1.12 bits per heavy atom. The van der Waals surface area contributed by atoms with E-state index in [0.717, 1.165) is 44.0 Å². The molecular weight excluding hydrogens is 565 g/mol. The minimum atomic E-state index is -1.13. The van der Waals surface area contributed by atoms with Gasteiger partial charge in [0.15, 0.2) is 0 Å². The van der Waals surface area contributed by atoms with Crippen LogP contribution in [0.3, 0.4) is 0 Å². The van der Waals surface area contributed by atoms with E-state index in [4.69, 9.17) is 4.89 Å². The van der Waals surface area contributed by atoms with Crippen LogP contribution < -0.4 is 62.0 Å². The molecule has 7 unspecified atom stereocenters. The minimum absolute atomic E-state index is 0. The SMILES string of the molecule is C.C/C(C=O)=C/C1C2C(C=C(CO)CC1(C)O)C1C(C[C@H]2NC(CCCCCCCCc2ccccc2)O[O-])C1(C)C.[K+]. The van der Waals surface area contributed by atoms with Gasteiger partial charge in [0, 0.05) is 12.0 Å². The molecule has 1 aromatic rings. The molecular formula is C36H56KNO5. The Kier molecular flexibility index (Phi) is 16.0. The van der Waals surface area contributed by atoms with Gasteiger partial charge >= 0.3 is 51.4 Å². The average molecular weight is 622 g/mol. The quantitative estimate of drug-likeness (QED) is 0.0407. The predicted molar refractivity (Wildman–Crippen MR) is 167 cm³/mol. The number of rotatable bonds is 15. The summed E-state index contributed by atoms with van der Waals surface area (Å²) in [4.78, 5) is 16.4. The number of aryl methyl sites for hydroxylation is 1. The van der Waals surface area contributed by atoms with Crippen LogP contribution in [0.1, 0.15) is 98.5 Å². The van der Waals surface area contributed by atoms with E-state index < -0.39 is 11.8 Å². The predicted octanol–water partition coefficient (Wildman–Crippen LogP) is 2.92. The maximum Gasteiger partial charge on any atom is 1.00 e. The van der Waals surface area contributed by atoms with E-state index in [0.29, 0.717) is 30.3 Å². The van der Waals surface area contributed by atoms with Gasteiger partial charge in [-0.3, -0.25) is 10.1 Å². The molecule has 0 spiro atoms. The normalized spacial score (nSPS) is 31.7. The number of nitrogens with one attached hydrogen (secondary N) is 1. The number of hydrogen-bond acceptors (Lipinski definition) is 6. The van der Waals surface area contributed by atoms with E-state index in [1.165, 1.54) is 24.8 Å². The standard InChI is InChI=1S/C35H53NO5.CH4.K/c1-24(22-37)18-28-32-27(19-26(23-38)21-35(28,4)39)33-29(34(33,2)3)20-30(32)36-31(41-40)17-13-8-6-5-7-10-14-25-15-11-9-12-16-25;;/h9,11-12,15-16,18-19,22,27-33,36,38-40H,5-8,10,13-14,17,20-21,23H2,1-4H3;1H4;/q;;+1/p-1/b24-18-;;/t27?,28?,29?,30-,31?,32?,33?,35?;;/m1../s1. The first-order valence-corrected chi connectivity index (χ1v) is 15.9. The summed E-state index contributed by atoms with van der Waals surface area (Å²) in [5.74, 6) is 0.772. The second kappa shape index (κ2) is 17.6. The van der Waals surface area contributed by atoms with Gasteiger partial charge < -0.3 is 20.4 Å². The molecule has 6 nitrogen and oxygen atoms in total. The second-order valence-electron chi connectivity index (χ2n) is 13.9. The van der Waals surface area contributed by atoms with E-state index in [1.54, 1.807) is 6.92 Å². The molecule has 43 heavy (non-hydrogen) atoms. The van der Waals surface area contributed by atoms with E-state index >= 15 is 0 Å². The Bertz CT molecular complexity index is 1050. The van der Waals surface area contributed by atoms with Gasteiger partial charge in [0.25, 0.3) is 0 Å². The van der Waals surface area contributed by atoms with Crippen molar-refractivity contribution in [1.29, 1.82) is 0 Å². The molecule has 3 aliphatic rings. The van der Waals surface area contributed by atoms with Crippen LogP contribution in [0.4, 0.5) is 0 Å².